The fourth-order valence-corrected chi connectivity index (χ4v) is 3.42. The normalized spacial score (nSPS) is 23.6. The van der Waals surface area contributed by atoms with Gasteiger partial charge >= 0.3 is 0 Å². The third-order valence-electron chi connectivity index (χ3n) is 4.18. The van der Waals surface area contributed by atoms with Crippen LogP contribution in [0.3, 0.4) is 0 Å². The summed E-state index contributed by atoms with van der Waals surface area (Å²) in [5.41, 5.74) is 0.739. The Morgan fingerprint density at radius 2 is 2.00 bits per heavy atom. The lowest BCUT2D eigenvalue weighted by molar-refractivity contribution is 0.0734. The van der Waals surface area contributed by atoms with Crippen LogP contribution in [0.15, 0.2) is 22.7 Å². The molecule has 1 aromatic carbocycles. The van der Waals surface area contributed by atoms with Crippen molar-refractivity contribution in [1.82, 2.24) is 4.90 Å². The van der Waals surface area contributed by atoms with E-state index in [9.17, 15) is 4.79 Å². The van der Waals surface area contributed by atoms with Crippen molar-refractivity contribution >= 4 is 21.7 Å². The van der Waals surface area contributed by atoms with Gasteiger partial charge in [0, 0.05) is 17.6 Å². The number of ketones is 1. The van der Waals surface area contributed by atoms with E-state index in [0.29, 0.717) is 18.6 Å². The smallest absolute Gasteiger partial charge is 0.176 e. The number of rotatable bonds is 4. The van der Waals surface area contributed by atoms with Crippen LogP contribution in [0.5, 0.6) is 5.75 Å². The van der Waals surface area contributed by atoms with Crippen molar-refractivity contribution in [2.45, 2.75) is 45.2 Å². The first kappa shape index (κ1) is 15.5. The molecule has 20 heavy (non-hydrogen) atoms. The van der Waals surface area contributed by atoms with E-state index in [-0.39, 0.29) is 5.78 Å². The van der Waals surface area contributed by atoms with Gasteiger partial charge in [0.1, 0.15) is 5.75 Å². The molecule has 1 aromatic rings. The van der Waals surface area contributed by atoms with E-state index >= 15 is 0 Å². The number of likely N-dealkylation sites (tertiary alicyclic amines) is 1. The number of Topliss-reactive ketones (excluding diaryl/α,β-unsaturated/α-hetero) is 1. The fourth-order valence-electron chi connectivity index (χ4n) is 2.88. The lowest BCUT2D eigenvalue weighted by Gasteiger charge is -2.38. The number of methoxy groups -OCH3 is 1. The molecule has 1 saturated heterocycles. The molecular formula is C16H22BrNO2. The topological polar surface area (TPSA) is 29.5 Å². The molecule has 0 radical (unpaired) electrons. The average molecular weight is 340 g/mol. The molecule has 1 aliphatic heterocycles. The van der Waals surface area contributed by atoms with Gasteiger partial charge in [0.05, 0.1) is 18.1 Å². The van der Waals surface area contributed by atoms with Crippen molar-refractivity contribution < 1.29 is 9.53 Å². The average Bonchev–Trinajstić information content (AvgIpc) is 2.42. The summed E-state index contributed by atoms with van der Waals surface area (Å²) < 4.78 is 6.02. The molecule has 1 heterocycles. The first-order chi connectivity index (χ1) is 9.52. The second kappa shape index (κ2) is 6.72. The predicted octanol–water partition coefficient (Wildman–Crippen LogP) is 3.90. The highest BCUT2D eigenvalue weighted by molar-refractivity contribution is 9.10. The Morgan fingerprint density at radius 1 is 1.35 bits per heavy atom. The molecular weight excluding hydrogens is 318 g/mol. The summed E-state index contributed by atoms with van der Waals surface area (Å²) in [7, 11) is 1.62. The molecule has 0 bridgehead atoms. The summed E-state index contributed by atoms with van der Waals surface area (Å²) in [5.74, 6) is 0.926. The maximum Gasteiger partial charge on any atom is 0.176 e. The van der Waals surface area contributed by atoms with Crippen LogP contribution in [0.2, 0.25) is 0 Å². The largest absolute Gasteiger partial charge is 0.496 e. The second-order valence-corrected chi connectivity index (χ2v) is 6.43. The number of hydrogen-bond donors (Lipinski definition) is 0. The molecule has 0 aliphatic carbocycles. The molecule has 3 nitrogen and oxygen atoms in total. The van der Waals surface area contributed by atoms with Gasteiger partial charge in [-0.2, -0.15) is 0 Å². The monoisotopic (exact) mass is 339 g/mol. The van der Waals surface area contributed by atoms with Gasteiger partial charge in [-0.1, -0.05) is 6.42 Å². The van der Waals surface area contributed by atoms with Crippen molar-refractivity contribution in [3.8, 4) is 5.75 Å². The van der Waals surface area contributed by atoms with Gasteiger partial charge in [0.25, 0.3) is 0 Å². The number of hydrogen-bond acceptors (Lipinski definition) is 3. The highest BCUT2D eigenvalue weighted by Gasteiger charge is 2.26. The summed E-state index contributed by atoms with van der Waals surface area (Å²) in [5, 5.41) is 0. The number of piperidine rings is 1. The third kappa shape index (κ3) is 3.41. The molecule has 2 unspecified atom stereocenters. The minimum atomic E-state index is 0.175. The molecule has 110 valence electrons. The number of halogens is 1. The molecule has 0 amide bonds. The zero-order valence-electron chi connectivity index (χ0n) is 12.4. The van der Waals surface area contributed by atoms with Crippen molar-refractivity contribution in [1.29, 1.82) is 0 Å². The van der Waals surface area contributed by atoms with Crippen LogP contribution in [-0.2, 0) is 0 Å². The van der Waals surface area contributed by atoms with Gasteiger partial charge < -0.3 is 4.74 Å². The van der Waals surface area contributed by atoms with E-state index in [1.807, 2.05) is 18.2 Å². The first-order valence-corrected chi connectivity index (χ1v) is 7.94. The fraction of sp³-hybridized carbons (Fsp3) is 0.562. The van der Waals surface area contributed by atoms with Crippen LogP contribution < -0.4 is 4.74 Å². The van der Waals surface area contributed by atoms with Crippen LogP contribution in [0.1, 0.15) is 43.5 Å². The molecule has 0 spiro atoms. The van der Waals surface area contributed by atoms with E-state index < -0.39 is 0 Å². The Bertz CT molecular complexity index is 479. The number of ether oxygens (including phenoxy) is 1. The standard InChI is InChI=1S/C16H22BrNO2/c1-11-5-4-6-12(2)18(11)10-15(19)13-7-8-16(20-3)14(17)9-13/h7-9,11-12H,4-6,10H2,1-3H3. The summed E-state index contributed by atoms with van der Waals surface area (Å²) in [6.45, 7) is 4.93. The van der Waals surface area contributed by atoms with Gasteiger partial charge in [0.15, 0.2) is 5.78 Å². The van der Waals surface area contributed by atoms with Gasteiger partial charge in [-0.3, -0.25) is 9.69 Å². The van der Waals surface area contributed by atoms with Crippen molar-refractivity contribution in [3.05, 3.63) is 28.2 Å². The summed E-state index contributed by atoms with van der Waals surface area (Å²) in [6.07, 6.45) is 3.63. The molecule has 0 N–H and O–H groups in total. The van der Waals surface area contributed by atoms with E-state index in [0.717, 1.165) is 15.8 Å². The molecule has 4 heteroatoms. The minimum absolute atomic E-state index is 0.175. The van der Waals surface area contributed by atoms with Gasteiger partial charge in [-0.15, -0.1) is 0 Å². The molecule has 0 saturated carbocycles. The quantitative estimate of drug-likeness (QED) is 0.779. The first-order valence-electron chi connectivity index (χ1n) is 7.15. The van der Waals surface area contributed by atoms with Gasteiger partial charge in [-0.25, -0.2) is 0 Å². The van der Waals surface area contributed by atoms with E-state index in [2.05, 4.69) is 34.7 Å². The Balaban J connectivity index is 2.09. The van der Waals surface area contributed by atoms with E-state index in [1.54, 1.807) is 7.11 Å². The van der Waals surface area contributed by atoms with E-state index in [4.69, 9.17) is 4.74 Å². The zero-order chi connectivity index (χ0) is 14.7. The molecule has 2 atom stereocenters. The van der Waals surface area contributed by atoms with Crippen molar-refractivity contribution in [3.63, 3.8) is 0 Å². The SMILES string of the molecule is COc1ccc(C(=O)CN2C(C)CCCC2C)cc1Br. The maximum absolute atomic E-state index is 12.5. The summed E-state index contributed by atoms with van der Waals surface area (Å²) in [4.78, 5) is 14.8. The lowest BCUT2D eigenvalue weighted by Crippen LogP contribution is -2.46. The minimum Gasteiger partial charge on any atom is -0.496 e. The zero-order valence-corrected chi connectivity index (χ0v) is 13.9. The van der Waals surface area contributed by atoms with Crippen LogP contribution in [0, 0.1) is 0 Å². The number of carbonyl (C=O) groups excluding carboxylic acids is 1. The van der Waals surface area contributed by atoms with Gasteiger partial charge in [-0.05, 0) is 60.8 Å². The van der Waals surface area contributed by atoms with Crippen molar-refractivity contribution in [2.24, 2.45) is 0 Å². The predicted molar refractivity (Wildman–Crippen MR) is 84.5 cm³/mol. The highest BCUT2D eigenvalue weighted by Crippen LogP contribution is 2.27. The van der Waals surface area contributed by atoms with E-state index in [1.165, 1.54) is 19.3 Å². The number of benzene rings is 1. The number of nitrogens with zero attached hydrogens (tertiary/aromatic N) is 1. The molecule has 2 rings (SSSR count). The maximum atomic E-state index is 12.5. The summed E-state index contributed by atoms with van der Waals surface area (Å²) in [6, 6.07) is 6.50. The van der Waals surface area contributed by atoms with Crippen LogP contribution in [-0.4, -0.2) is 36.4 Å². The van der Waals surface area contributed by atoms with Crippen LogP contribution >= 0.6 is 15.9 Å². The lowest BCUT2D eigenvalue weighted by atomic mass is 9.96. The Hall–Kier alpha value is -0.870. The third-order valence-corrected chi connectivity index (χ3v) is 4.80. The van der Waals surface area contributed by atoms with Crippen molar-refractivity contribution in [2.75, 3.05) is 13.7 Å². The Morgan fingerprint density at radius 3 is 2.55 bits per heavy atom. The van der Waals surface area contributed by atoms with Crippen LogP contribution in [0.25, 0.3) is 0 Å². The Labute approximate surface area is 129 Å². The second-order valence-electron chi connectivity index (χ2n) is 5.57. The highest BCUT2D eigenvalue weighted by atomic mass is 79.9. The van der Waals surface area contributed by atoms with Gasteiger partial charge in [0.2, 0.25) is 0 Å². The molecule has 0 aromatic heterocycles. The molecule has 1 aliphatic rings. The van der Waals surface area contributed by atoms with Crippen LogP contribution in [0.4, 0.5) is 0 Å². The summed E-state index contributed by atoms with van der Waals surface area (Å²) >= 11 is 3.43. The Kier molecular flexibility index (Phi) is 5.22. The number of carbonyl (C=O) groups is 1. The molecule has 1 fully saturated rings.